The fourth-order valence-electron chi connectivity index (χ4n) is 7.02. The summed E-state index contributed by atoms with van der Waals surface area (Å²) in [5.41, 5.74) is 14.7. The normalized spacial score (nSPS) is 11.9. The summed E-state index contributed by atoms with van der Waals surface area (Å²) >= 11 is 0. The summed E-state index contributed by atoms with van der Waals surface area (Å²) < 4.78 is 2.23. The predicted octanol–water partition coefficient (Wildman–Crippen LogP) is 10.8. The summed E-state index contributed by atoms with van der Waals surface area (Å²) in [6.45, 7) is 15.1. The molecule has 7 rings (SSSR count). The summed E-state index contributed by atoms with van der Waals surface area (Å²) in [7, 11) is 0. The highest BCUT2D eigenvalue weighted by atomic mass is 16.3. The molecule has 0 amide bonds. The first-order chi connectivity index (χ1) is 22.0. The molecule has 4 heteroatoms. The van der Waals surface area contributed by atoms with Crippen LogP contribution in [0.4, 0.5) is 0 Å². The van der Waals surface area contributed by atoms with Crippen molar-refractivity contribution in [2.24, 2.45) is 0 Å². The van der Waals surface area contributed by atoms with E-state index >= 15 is 0 Å². The zero-order chi connectivity index (χ0) is 32.3. The number of nitrogens with zero attached hydrogens (tertiary/aromatic N) is 3. The van der Waals surface area contributed by atoms with E-state index in [1.165, 1.54) is 16.5 Å². The first-order valence-electron chi connectivity index (χ1n) is 15.9. The van der Waals surface area contributed by atoms with Crippen molar-refractivity contribution >= 4 is 21.9 Å². The number of aromatic nitrogens is 3. The van der Waals surface area contributed by atoms with Crippen LogP contribution in [-0.4, -0.2) is 19.6 Å². The molecule has 228 valence electrons. The van der Waals surface area contributed by atoms with Gasteiger partial charge < -0.3 is 5.11 Å². The Balaban J connectivity index is 1.48. The van der Waals surface area contributed by atoms with Crippen molar-refractivity contribution in [1.29, 1.82) is 0 Å². The number of phenols is 1. The van der Waals surface area contributed by atoms with Gasteiger partial charge in [-0.25, -0.2) is 4.98 Å². The van der Waals surface area contributed by atoms with E-state index in [4.69, 9.17) is 9.97 Å². The van der Waals surface area contributed by atoms with E-state index in [0.29, 0.717) is 5.56 Å². The summed E-state index contributed by atoms with van der Waals surface area (Å²) in [6, 6.07) is 34.0. The van der Waals surface area contributed by atoms with Crippen LogP contribution < -0.4 is 0 Å². The maximum absolute atomic E-state index is 11.3. The standard InChI is InChI=1S/C42H39N3O/c1-25-22-27(3)39(28(4)23-25)45-36-18-10-15-31(38(36)44-41(45)34-16-8-12-26(2)40(34)46)29-13-9-14-30(24-29)32-19-20-35(42(5,6)7)33-17-11-21-43-37(32)33/h8-24,46H,1-7H3. The van der Waals surface area contributed by atoms with Gasteiger partial charge in [-0.1, -0.05) is 99.1 Å². The summed E-state index contributed by atoms with van der Waals surface area (Å²) in [5, 5.41) is 12.5. The minimum atomic E-state index is 0.00766. The Kier molecular flexibility index (Phi) is 7.05. The van der Waals surface area contributed by atoms with Gasteiger partial charge >= 0.3 is 0 Å². The number of fused-ring (bicyclic) bond motifs is 2. The van der Waals surface area contributed by atoms with Gasteiger partial charge in [-0.15, -0.1) is 0 Å². The van der Waals surface area contributed by atoms with E-state index in [1.807, 2.05) is 37.4 Å². The molecule has 0 radical (unpaired) electrons. The van der Waals surface area contributed by atoms with Crippen LogP contribution in [0.5, 0.6) is 5.75 Å². The Hall–Kier alpha value is -5.22. The van der Waals surface area contributed by atoms with E-state index in [9.17, 15) is 5.11 Å². The molecule has 0 bridgehead atoms. The average molecular weight is 602 g/mol. The molecule has 0 aliphatic heterocycles. The van der Waals surface area contributed by atoms with Crippen molar-refractivity contribution in [1.82, 2.24) is 14.5 Å². The molecule has 7 aromatic rings. The van der Waals surface area contributed by atoms with Gasteiger partial charge in [0, 0.05) is 22.7 Å². The van der Waals surface area contributed by atoms with Crippen LogP contribution in [0.1, 0.15) is 48.6 Å². The van der Waals surface area contributed by atoms with Gasteiger partial charge in [0.25, 0.3) is 0 Å². The first-order valence-corrected chi connectivity index (χ1v) is 15.9. The zero-order valence-corrected chi connectivity index (χ0v) is 27.6. The minimum absolute atomic E-state index is 0.00766. The molecule has 0 unspecified atom stereocenters. The maximum atomic E-state index is 11.3. The number of pyridine rings is 1. The molecule has 2 heterocycles. The summed E-state index contributed by atoms with van der Waals surface area (Å²) in [5.74, 6) is 0.978. The van der Waals surface area contributed by atoms with Gasteiger partial charge in [0.05, 0.1) is 27.8 Å². The molecule has 4 nitrogen and oxygen atoms in total. The molecule has 0 aliphatic carbocycles. The molecule has 0 saturated carbocycles. The lowest BCUT2D eigenvalue weighted by Crippen LogP contribution is -2.12. The fraction of sp³-hybridized carbons (Fsp3) is 0.190. The van der Waals surface area contributed by atoms with E-state index in [0.717, 1.165) is 67.0 Å². The Labute approximate surface area is 271 Å². The highest BCUT2D eigenvalue weighted by Crippen LogP contribution is 2.41. The topological polar surface area (TPSA) is 50.9 Å². The molecule has 0 spiro atoms. The monoisotopic (exact) mass is 601 g/mol. The van der Waals surface area contributed by atoms with E-state index in [-0.39, 0.29) is 11.2 Å². The van der Waals surface area contributed by atoms with Crippen molar-refractivity contribution in [2.75, 3.05) is 0 Å². The SMILES string of the molecule is Cc1cc(C)c(-n2c(-c3cccc(C)c3O)nc3c(-c4cccc(-c5ccc(C(C)(C)C)c6cccnc56)c4)cccc32)c(C)c1. The molecule has 0 saturated heterocycles. The van der Waals surface area contributed by atoms with Crippen LogP contribution in [0, 0.1) is 27.7 Å². The molecule has 46 heavy (non-hydrogen) atoms. The Morgan fingerprint density at radius 2 is 1.28 bits per heavy atom. The smallest absolute Gasteiger partial charge is 0.149 e. The molecule has 5 aromatic carbocycles. The lowest BCUT2D eigenvalue weighted by atomic mass is 9.83. The number of phenolic OH excluding ortho intramolecular Hbond substituents is 1. The van der Waals surface area contributed by atoms with Gasteiger partial charge in [-0.05, 0) is 90.8 Å². The van der Waals surface area contributed by atoms with Crippen molar-refractivity contribution in [3.63, 3.8) is 0 Å². The van der Waals surface area contributed by atoms with Gasteiger partial charge in [-0.3, -0.25) is 9.55 Å². The number of hydrogen-bond donors (Lipinski definition) is 1. The second kappa shape index (κ2) is 11.0. The number of hydrogen-bond acceptors (Lipinski definition) is 3. The molecule has 0 aliphatic rings. The second-order valence-electron chi connectivity index (χ2n) is 13.6. The van der Waals surface area contributed by atoms with Crippen molar-refractivity contribution < 1.29 is 5.11 Å². The fourth-order valence-corrected chi connectivity index (χ4v) is 7.02. The number of rotatable bonds is 4. The number of aryl methyl sites for hydroxylation is 4. The quantitative estimate of drug-likeness (QED) is 0.218. The van der Waals surface area contributed by atoms with Gasteiger partial charge in [-0.2, -0.15) is 0 Å². The van der Waals surface area contributed by atoms with E-state index < -0.39 is 0 Å². The third-order valence-electron chi connectivity index (χ3n) is 9.09. The van der Waals surface area contributed by atoms with Gasteiger partial charge in [0.2, 0.25) is 0 Å². The molecule has 0 atom stereocenters. The van der Waals surface area contributed by atoms with Crippen molar-refractivity contribution in [3.05, 3.63) is 131 Å². The average Bonchev–Trinajstić information content (AvgIpc) is 3.40. The molecule has 0 fully saturated rings. The summed E-state index contributed by atoms with van der Waals surface area (Å²) in [4.78, 5) is 10.2. The van der Waals surface area contributed by atoms with E-state index in [2.05, 4.69) is 119 Å². The highest BCUT2D eigenvalue weighted by Gasteiger charge is 2.23. The lowest BCUT2D eigenvalue weighted by molar-refractivity contribution is 0.472. The molecule has 2 aromatic heterocycles. The van der Waals surface area contributed by atoms with Crippen LogP contribution in [-0.2, 0) is 5.41 Å². The third kappa shape index (κ3) is 4.85. The number of para-hydroxylation sites is 2. The van der Waals surface area contributed by atoms with Crippen LogP contribution in [0.2, 0.25) is 0 Å². The van der Waals surface area contributed by atoms with Gasteiger partial charge in [0.1, 0.15) is 11.6 Å². The van der Waals surface area contributed by atoms with Crippen molar-refractivity contribution in [3.8, 4) is 45.1 Å². The number of imidazole rings is 1. The largest absolute Gasteiger partial charge is 0.507 e. The molecule has 1 N–H and O–H groups in total. The van der Waals surface area contributed by atoms with Crippen LogP contribution >= 0.6 is 0 Å². The van der Waals surface area contributed by atoms with Gasteiger partial charge in [0.15, 0.2) is 0 Å². The molecular weight excluding hydrogens is 562 g/mol. The highest BCUT2D eigenvalue weighted by molar-refractivity contribution is 5.99. The Bertz CT molecular complexity index is 2280. The Morgan fingerprint density at radius 3 is 2.00 bits per heavy atom. The zero-order valence-electron chi connectivity index (χ0n) is 27.6. The predicted molar refractivity (Wildman–Crippen MR) is 192 cm³/mol. The number of benzene rings is 5. The maximum Gasteiger partial charge on any atom is 0.149 e. The Morgan fingerprint density at radius 1 is 0.630 bits per heavy atom. The van der Waals surface area contributed by atoms with Crippen molar-refractivity contribution in [2.45, 2.75) is 53.9 Å². The van der Waals surface area contributed by atoms with Crippen LogP contribution in [0.25, 0.3) is 61.3 Å². The summed E-state index contributed by atoms with van der Waals surface area (Å²) in [6.07, 6.45) is 1.88. The molecular formula is C42H39N3O. The first kappa shape index (κ1) is 29.5. The van der Waals surface area contributed by atoms with Crippen LogP contribution in [0.15, 0.2) is 103 Å². The third-order valence-corrected chi connectivity index (χ3v) is 9.09. The second-order valence-corrected chi connectivity index (χ2v) is 13.6. The van der Waals surface area contributed by atoms with Crippen LogP contribution in [0.3, 0.4) is 0 Å². The number of aromatic hydroxyl groups is 1. The van der Waals surface area contributed by atoms with E-state index in [1.54, 1.807) is 0 Å². The minimum Gasteiger partial charge on any atom is -0.507 e. The lowest BCUT2D eigenvalue weighted by Gasteiger charge is -2.22.